The van der Waals surface area contributed by atoms with E-state index in [0.717, 1.165) is 24.1 Å². The lowest BCUT2D eigenvalue weighted by molar-refractivity contribution is -0.126. The molecule has 138 valence electrons. The number of hydrogen-bond donors (Lipinski definition) is 2. The topological polar surface area (TPSA) is 44.4 Å². The van der Waals surface area contributed by atoms with Gasteiger partial charge in [-0.05, 0) is 41.5 Å². The van der Waals surface area contributed by atoms with E-state index >= 15 is 0 Å². The van der Waals surface area contributed by atoms with Crippen LogP contribution in [0.4, 0.5) is 5.69 Å². The average Bonchev–Trinajstić information content (AvgIpc) is 3.33. The Bertz CT molecular complexity index is 897. The number of benzene rings is 2. The van der Waals surface area contributed by atoms with Gasteiger partial charge in [0.1, 0.15) is 6.17 Å². The lowest BCUT2D eigenvalue weighted by Gasteiger charge is -2.41. The number of para-hydroxylation sites is 1. The predicted molar refractivity (Wildman–Crippen MR) is 111 cm³/mol. The molecule has 5 rings (SSSR count). The van der Waals surface area contributed by atoms with E-state index in [9.17, 15) is 4.79 Å². The van der Waals surface area contributed by atoms with Gasteiger partial charge in [0, 0.05) is 12.2 Å². The maximum absolute atomic E-state index is 13.0. The van der Waals surface area contributed by atoms with Gasteiger partial charge in [-0.2, -0.15) is 0 Å². The highest BCUT2D eigenvalue weighted by Crippen LogP contribution is 2.42. The van der Waals surface area contributed by atoms with E-state index in [4.69, 9.17) is 0 Å². The molecule has 0 spiro atoms. The number of anilines is 1. The molecule has 2 aromatic carbocycles. The van der Waals surface area contributed by atoms with Gasteiger partial charge >= 0.3 is 0 Å². The second-order valence-electron chi connectivity index (χ2n) is 7.44. The summed E-state index contributed by atoms with van der Waals surface area (Å²) in [5.74, 6) is -0.00472. The van der Waals surface area contributed by atoms with E-state index < -0.39 is 0 Å². The van der Waals surface area contributed by atoms with Crippen LogP contribution in [0.5, 0.6) is 0 Å². The smallest absolute Gasteiger partial charge is 0.231 e. The normalized spacial score (nSPS) is 27.6. The number of carbonyl (C=O) groups is 1. The third-order valence-electron chi connectivity index (χ3n) is 5.91. The van der Waals surface area contributed by atoms with Crippen LogP contribution in [0.1, 0.15) is 18.1 Å². The summed E-state index contributed by atoms with van der Waals surface area (Å²) in [7, 11) is 0. The molecule has 27 heavy (non-hydrogen) atoms. The minimum Gasteiger partial charge on any atom is -0.365 e. The Hall–Kier alpha value is -2.24. The first kappa shape index (κ1) is 16.9. The molecular weight excluding hydrogens is 354 g/mol. The monoisotopic (exact) mass is 377 g/mol. The van der Waals surface area contributed by atoms with E-state index in [0.29, 0.717) is 0 Å². The fourth-order valence-corrected chi connectivity index (χ4v) is 5.67. The standard InChI is InChI=1S/C22H23N3OS/c1-14(25-12-11-16-9-5-6-10-18(16)25)20-23-21(26)19-17(13-27-22(19)24-20)15-7-3-2-4-8-15/h2-10,13-14,19-20,22,24H,11-12H2,1H3,(H,23,26). The molecule has 4 unspecified atom stereocenters. The molecule has 3 heterocycles. The Kier molecular flexibility index (Phi) is 4.21. The van der Waals surface area contributed by atoms with Crippen molar-refractivity contribution in [1.29, 1.82) is 0 Å². The number of thioether (sulfide) groups is 1. The zero-order valence-corrected chi connectivity index (χ0v) is 16.1. The summed E-state index contributed by atoms with van der Waals surface area (Å²) >= 11 is 1.73. The molecular formula is C22H23N3OS. The van der Waals surface area contributed by atoms with Crippen molar-refractivity contribution in [3.63, 3.8) is 0 Å². The molecule has 1 fully saturated rings. The van der Waals surface area contributed by atoms with Crippen molar-refractivity contribution in [1.82, 2.24) is 10.6 Å². The summed E-state index contributed by atoms with van der Waals surface area (Å²) in [5, 5.41) is 9.18. The molecule has 1 saturated heterocycles. The van der Waals surface area contributed by atoms with Crippen molar-refractivity contribution in [2.45, 2.75) is 30.9 Å². The van der Waals surface area contributed by atoms with E-state index in [1.54, 1.807) is 11.8 Å². The van der Waals surface area contributed by atoms with Crippen LogP contribution in [-0.4, -0.2) is 30.0 Å². The fourth-order valence-electron chi connectivity index (χ4n) is 4.44. The molecule has 5 heteroatoms. The van der Waals surface area contributed by atoms with Crippen LogP contribution in [0.3, 0.4) is 0 Å². The van der Waals surface area contributed by atoms with E-state index in [1.807, 2.05) is 18.2 Å². The van der Waals surface area contributed by atoms with Gasteiger partial charge in [0.2, 0.25) is 5.91 Å². The van der Waals surface area contributed by atoms with Crippen molar-refractivity contribution in [2.24, 2.45) is 5.92 Å². The first-order valence-electron chi connectivity index (χ1n) is 9.54. The summed E-state index contributed by atoms with van der Waals surface area (Å²) in [6, 6.07) is 19.0. The van der Waals surface area contributed by atoms with Gasteiger partial charge in [-0.3, -0.25) is 10.1 Å². The van der Waals surface area contributed by atoms with Crippen molar-refractivity contribution in [3.8, 4) is 0 Å². The molecule has 0 saturated carbocycles. The van der Waals surface area contributed by atoms with Crippen molar-refractivity contribution in [2.75, 3.05) is 11.4 Å². The number of nitrogens with zero attached hydrogens (tertiary/aromatic N) is 1. The van der Waals surface area contributed by atoms with Crippen molar-refractivity contribution in [3.05, 3.63) is 71.1 Å². The molecule has 0 bridgehead atoms. The summed E-state index contributed by atoms with van der Waals surface area (Å²) < 4.78 is 0. The Morgan fingerprint density at radius 2 is 1.89 bits per heavy atom. The Balaban J connectivity index is 1.34. The largest absolute Gasteiger partial charge is 0.365 e. The average molecular weight is 378 g/mol. The zero-order valence-electron chi connectivity index (χ0n) is 15.3. The molecule has 3 aliphatic heterocycles. The van der Waals surface area contributed by atoms with Crippen LogP contribution in [-0.2, 0) is 11.2 Å². The van der Waals surface area contributed by atoms with Crippen LogP contribution in [0.25, 0.3) is 5.57 Å². The van der Waals surface area contributed by atoms with Crippen molar-refractivity contribution < 1.29 is 4.79 Å². The molecule has 0 radical (unpaired) electrons. The second kappa shape index (κ2) is 6.73. The van der Waals surface area contributed by atoms with E-state index in [-0.39, 0.29) is 29.4 Å². The quantitative estimate of drug-likeness (QED) is 0.862. The second-order valence-corrected chi connectivity index (χ2v) is 8.45. The highest BCUT2D eigenvalue weighted by molar-refractivity contribution is 8.03. The maximum atomic E-state index is 13.0. The summed E-state index contributed by atoms with van der Waals surface area (Å²) in [4.78, 5) is 15.4. The van der Waals surface area contributed by atoms with Gasteiger partial charge in [-0.15, -0.1) is 11.8 Å². The van der Waals surface area contributed by atoms with Crippen LogP contribution < -0.4 is 15.5 Å². The van der Waals surface area contributed by atoms with Gasteiger partial charge in [-0.25, -0.2) is 0 Å². The van der Waals surface area contributed by atoms with Crippen LogP contribution >= 0.6 is 11.8 Å². The number of rotatable bonds is 3. The van der Waals surface area contributed by atoms with Gasteiger partial charge in [0.15, 0.2) is 0 Å². The van der Waals surface area contributed by atoms with Gasteiger partial charge < -0.3 is 10.2 Å². The van der Waals surface area contributed by atoms with Crippen LogP contribution in [0, 0.1) is 5.92 Å². The highest BCUT2D eigenvalue weighted by atomic mass is 32.2. The summed E-state index contributed by atoms with van der Waals surface area (Å²) in [6.07, 6.45) is 1.02. The Labute approximate surface area is 164 Å². The third-order valence-corrected chi connectivity index (χ3v) is 7.00. The number of fused-ring (bicyclic) bond motifs is 2. The first-order valence-corrected chi connectivity index (χ1v) is 10.5. The Morgan fingerprint density at radius 1 is 1.11 bits per heavy atom. The SMILES string of the molecule is CC(C1NC(=O)C2C(c3ccccc3)=CSC2N1)N1CCc2ccccc21. The number of amides is 1. The Morgan fingerprint density at radius 3 is 2.74 bits per heavy atom. The molecule has 1 amide bonds. The molecule has 0 aliphatic carbocycles. The van der Waals surface area contributed by atoms with Crippen molar-refractivity contribution >= 4 is 28.9 Å². The molecule has 0 aromatic heterocycles. The fraction of sp³-hybridized carbons (Fsp3) is 0.318. The minimum atomic E-state index is -0.133. The molecule has 2 aromatic rings. The van der Waals surface area contributed by atoms with Gasteiger partial charge in [0.05, 0.1) is 17.3 Å². The van der Waals surface area contributed by atoms with E-state index in [2.05, 4.69) is 64.3 Å². The van der Waals surface area contributed by atoms with Gasteiger partial charge in [0.25, 0.3) is 0 Å². The minimum absolute atomic E-state index is 0.0547. The summed E-state index contributed by atoms with van der Waals surface area (Å²) in [6.45, 7) is 3.20. The number of nitrogens with one attached hydrogen (secondary N) is 2. The number of carbonyl (C=O) groups excluding carboxylic acids is 1. The van der Waals surface area contributed by atoms with E-state index in [1.165, 1.54) is 11.3 Å². The first-order chi connectivity index (χ1) is 13.2. The molecule has 4 nitrogen and oxygen atoms in total. The zero-order chi connectivity index (χ0) is 18.4. The van der Waals surface area contributed by atoms with Crippen LogP contribution in [0.2, 0.25) is 0 Å². The maximum Gasteiger partial charge on any atom is 0.231 e. The molecule has 2 N–H and O–H groups in total. The van der Waals surface area contributed by atoms with Crippen LogP contribution in [0.15, 0.2) is 60.0 Å². The predicted octanol–water partition coefficient (Wildman–Crippen LogP) is 3.21. The number of hydrogen-bond acceptors (Lipinski definition) is 4. The summed E-state index contributed by atoms with van der Waals surface area (Å²) in [5.41, 5.74) is 4.95. The lowest BCUT2D eigenvalue weighted by atomic mass is 9.91. The molecule has 4 atom stereocenters. The molecule has 3 aliphatic rings. The lowest BCUT2D eigenvalue weighted by Crippen LogP contribution is -2.66. The highest BCUT2D eigenvalue weighted by Gasteiger charge is 2.44. The van der Waals surface area contributed by atoms with Gasteiger partial charge in [-0.1, -0.05) is 48.5 Å². The third kappa shape index (κ3) is 2.86.